The third-order valence-electron chi connectivity index (χ3n) is 4.67. The Labute approximate surface area is 162 Å². The van der Waals surface area contributed by atoms with Crippen molar-refractivity contribution in [3.05, 3.63) is 69.5 Å². The Morgan fingerprint density at radius 1 is 1.00 bits per heavy atom. The van der Waals surface area contributed by atoms with Gasteiger partial charge in [0.2, 0.25) is 0 Å². The lowest BCUT2D eigenvalue weighted by atomic mass is 9.91. The molecular formula is C20H21Cl2FN2O. The van der Waals surface area contributed by atoms with Crippen molar-refractivity contribution in [2.75, 3.05) is 0 Å². The number of hydrogen-bond donors (Lipinski definition) is 2. The van der Waals surface area contributed by atoms with E-state index < -0.39 is 5.82 Å². The van der Waals surface area contributed by atoms with Gasteiger partial charge in [-0.2, -0.15) is 0 Å². The lowest BCUT2D eigenvalue weighted by Gasteiger charge is -2.30. The predicted molar refractivity (Wildman–Crippen MR) is 103 cm³/mol. The van der Waals surface area contributed by atoms with E-state index in [2.05, 4.69) is 16.7 Å². The molecule has 2 aromatic rings. The molecule has 0 bridgehead atoms. The van der Waals surface area contributed by atoms with Gasteiger partial charge in [0.05, 0.1) is 0 Å². The number of rotatable bonds is 5. The molecule has 3 nitrogen and oxygen atoms in total. The third-order valence-corrected chi connectivity index (χ3v) is 5.12. The summed E-state index contributed by atoms with van der Waals surface area (Å²) >= 11 is 11.8. The van der Waals surface area contributed by atoms with Gasteiger partial charge in [0.1, 0.15) is 5.82 Å². The summed E-state index contributed by atoms with van der Waals surface area (Å²) in [4.78, 5) is 12.3. The van der Waals surface area contributed by atoms with Crippen molar-refractivity contribution in [3.8, 4) is 0 Å². The molecule has 1 aliphatic rings. The molecule has 2 N–H and O–H groups in total. The second-order valence-corrected chi connectivity index (χ2v) is 7.56. The first-order valence-electron chi connectivity index (χ1n) is 8.74. The average Bonchev–Trinajstić information content (AvgIpc) is 2.60. The summed E-state index contributed by atoms with van der Waals surface area (Å²) in [5.41, 5.74) is 1.42. The van der Waals surface area contributed by atoms with Crippen molar-refractivity contribution in [2.24, 2.45) is 0 Å². The summed E-state index contributed by atoms with van der Waals surface area (Å²) < 4.78 is 13.4. The van der Waals surface area contributed by atoms with Gasteiger partial charge in [-0.3, -0.25) is 4.79 Å². The molecule has 0 aliphatic heterocycles. The van der Waals surface area contributed by atoms with Gasteiger partial charge in [-0.15, -0.1) is 0 Å². The molecule has 0 unspecified atom stereocenters. The zero-order valence-corrected chi connectivity index (χ0v) is 15.8. The average molecular weight is 395 g/mol. The Bertz CT molecular complexity index is 756. The van der Waals surface area contributed by atoms with E-state index in [1.807, 2.05) is 18.2 Å². The molecule has 0 spiro atoms. The molecule has 1 amide bonds. The van der Waals surface area contributed by atoms with Crippen LogP contribution in [0.4, 0.5) is 4.39 Å². The quantitative estimate of drug-likeness (QED) is 0.751. The van der Waals surface area contributed by atoms with Gasteiger partial charge in [0.25, 0.3) is 5.91 Å². The van der Waals surface area contributed by atoms with Crippen molar-refractivity contribution >= 4 is 29.1 Å². The molecule has 0 radical (unpaired) electrons. The maximum absolute atomic E-state index is 13.4. The Morgan fingerprint density at radius 3 is 2.42 bits per heavy atom. The summed E-state index contributed by atoms with van der Waals surface area (Å²) in [6.45, 7) is 0.782. The highest BCUT2D eigenvalue weighted by Gasteiger charge is 2.22. The fraction of sp³-hybridized carbons (Fsp3) is 0.350. The maximum Gasteiger partial charge on any atom is 0.251 e. The zero-order chi connectivity index (χ0) is 18.5. The van der Waals surface area contributed by atoms with Gasteiger partial charge in [-0.1, -0.05) is 35.3 Å². The largest absolute Gasteiger partial charge is 0.349 e. The van der Waals surface area contributed by atoms with Crippen LogP contribution in [0.3, 0.4) is 0 Å². The minimum Gasteiger partial charge on any atom is -0.349 e. The number of nitrogens with one attached hydrogen (secondary N) is 2. The smallest absolute Gasteiger partial charge is 0.251 e. The third kappa shape index (κ3) is 5.44. The van der Waals surface area contributed by atoms with Crippen LogP contribution >= 0.6 is 23.2 Å². The minimum atomic E-state index is -0.503. The zero-order valence-electron chi connectivity index (χ0n) is 14.3. The molecule has 0 atom stereocenters. The molecule has 138 valence electrons. The Morgan fingerprint density at radius 2 is 1.73 bits per heavy atom. The van der Waals surface area contributed by atoms with Gasteiger partial charge >= 0.3 is 0 Å². The highest BCUT2D eigenvalue weighted by atomic mass is 35.5. The normalized spacial score (nSPS) is 20.0. The van der Waals surface area contributed by atoms with Gasteiger partial charge in [-0.25, -0.2) is 4.39 Å². The van der Waals surface area contributed by atoms with Crippen molar-refractivity contribution in [1.82, 2.24) is 10.6 Å². The van der Waals surface area contributed by atoms with Gasteiger partial charge in [-0.05, 0) is 61.6 Å². The van der Waals surface area contributed by atoms with Gasteiger partial charge in [0.15, 0.2) is 0 Å². The Hall–Kier alpha value is -1.62. The summed E-state index contributed by atoms with van der Waals surface area (Å²) in [6.07, 6.45) is 3.74. The van der Waals surface area contributed by atoms with Crippen molar-refractivity contribution < 1.29 is 9.18 Å². The first-order valence-corrected chi connectivity index (χ1v) is 9.50. The molecule has 1 saturated carbocycles. The molecule has 3 rings (SSSR count). The molecule has 1 fully saturated rings. The first kappa shape index (κ1) is 19.2. The van der Waals surface area contributed by atoms with Crippen LogP contribution < -0.4 is 10.6 Å². The summed E-state index contributed by atoms with van der Waals surface area (Å²) in [5, 5.41) is 7.50. The molecule has 0 aromatic heterocycles. The monoisotopic (exact) mass is 394 g/mol. The Balaban J connectivity index is 1.45. The van der Waals surface area contributed by atoms with E-state index in [9.17, 15) is 9.18 Å². The molecule has 26 heavy (non-hydrogen) atoms. The van der Waals surface area contributed by atoms with Crippen LogP contribution in [0, 0.1) is 5.82 Å². The van der Waals surface area contributed by atoms with Crippen LogP contribution in [-0.4, -0.2) is 18.0 Å². The van der Waals surface area contributed by atoms with E-state index in [1.165, 1.54) is 18.2 Å². The molecule has 0 heterocycles. The summed E-state index contributed by atoms with van der Waals surface area (Å²) in [7, 11) is 0. The molecule has 6 heteroatoms. The summed E-state index contributed by atoms with van der Waals surface area (Å²) in [5.74, 6) is -0.779. The molecule has 0 saturated heterocycles. The van der Waals surface area contributed by atoms with E-state index in [1.54, 1.807) is 0 Å². The van der Waals surface area contributed by atoms with Crippen LogP contribution in [0.5, 0.6) is 0 Å². The van der Waals surface area contributed by atoms with Crippen LogP contribution in [0.2, 0.25) is 10.0 Å². The first-order chi connectivity index (χ1) is 12.5. The minimum absolute atomic E-state index is 0.105. The molecule has 2 aromatic carbocycles. The van der Waals surface area contributed by atoms with Crippen molar-refractivity contribution in [2.45, 2.75) is 44.3 Å². The lowest BCUT2D eigenvalue weighted by molar-refractivity contribution is 0.0923. The Kier molecular flexibility index (Phi) is 6.52. The standard InChI is InChI=1S/C20H21Cl2FN2O/c21-15-3-1-2-13(8-15)12-24-18-4-6-19(7-5-18)25-20(26)14-9-16(22)11-17(23)10-14/h1-3,8-11,18-19,24H,4-7,12H2,(H,25,26)/t18-,19-. The number of carbonyl (C=O) groups is 1. The van der Waals surface area contributed by atoms with Crippen LogP contribution in [0.25, 0.3) is 0 Å². The SMILES string of the molecule is O=C(N[C@H]1CC[C@H](NCc2cccc(Cl)c2)CC1)c1cc(F)cc(Cl)c1. The van der Waals surface area contributed by atoms with Gasteiger partial charge in [0, 0.05) is 34.2 Å². The highest BCUT2D eigenvalue weighted by molar-refractivity contribution is 6.31. The second kappa shape index (κ2) is 8.85. The number of hydrogen-bond acceptors (Lipinski definition) is 2. The van der Waals surface area contributed by atoms with E-state index in [0.29, 0.717) is 6.04 Å². The lowest BCUT2D eigenvalue weighted by Crippen LogP contribution is -2.42. The van der Waals surface area contributed by atoms with E-state index in [0.717, 1.165) is 42.8 Å². The summed E-state index contributed by atoms with van der Waals surface area (Å²) in [6, 6.07) is 12.2. The van der Waals surface area contributed by atoms with Crippen LogP contribution in [0.15, 0.2) is 42.5 Å². The van der Waals surface area contributed by atoms with Crippen LogP contribution in [0.1, 0.15) is 41.6 Å². The number of benzene rings is 2. The number of carbonyl (C=O) groups excluding carboxylic acids is 1. The van der Waals surface area contributed by atoms with E-state index in [4.69, 9.17) is 23.2 Å². The molecule has 1 aliphatic carbocycles. The number of amides is 1. The predicted octanol–water partition coefficient (Wildman–Crippen LogP) is 4.96. The van der Waals surface area contributed by atoms with Crippen molar-refractivity contribution in [1.29, 1.82) is 0 Å². The maximum atomic E-state index is 13.4. The fourth-order valence-corrected chi connectivity index (χ4v) is 3.74. The highest BCUT2D eigenvalue weighted by Crippen LogP contribution is 2.21. The van der Waals surface area contributed by atoms with Crippen LogP contribution in [-0.2, 0) is 6.54 Å². The number of halogens is 3. The topological polar surface area (TPSA) is 41.1 Å². The van der Waals surface area contributed by atoms with E-state index >= 15 is 0 Å². The molecular weight excluding hydrogens is 374 g/mol. The fourth-order valence-electron chi connectivity index (χ4n) is 3.30. The van der Waals surface area contributed by atoms with Crippen molar-refractivity contribution in [3.63, 3.8) is 0 Å². The van der Waals surface area contributed by atoms with E-state index in [-0.39, 0.29) is 22.5 Å². The second-order valence-electron chi connectivity index (χ2n) is 6.69. The van der Waals surface area contributed by atoms with Gasteiger partial charge < -0.3 is 10.6 Å².